The Bertz CT molecular complexity index is 158. The van der Waals surface area contributed by atoms with Crippen molar-refractivity contribution in [2.75, 3.05) is 13.2 Å². The number of hydrogen-bond acceptors (Lipinski definition) is 2. The lowest BCUT2D eigenvalue weighted by Crippen LogP contribution is -2.39. The van der Waals surface area contributed by atoms with Gasteiger partial charge in [-0.1, -0.05) is 34.6 Å². The summed E-state index contributed by atoms with van der Waals surface area (Å²) in [5.74, 6) is 0.466. The smallest absolute Gasteiger partial charge is 0.0705 e. The summed E-state index contributed by atoms with van der Waals surface area (Å²) in [6.07, 6.45) is 1.01. The van der Waals surface area contributed by atoms with E-state index in [0.29, 0.717) is 12.5 Å². The molecule has 0 spiro atoms. The van der Waals surface area contributed by atoms with Gasteiger partial charge in [0.2, 0.25) is 0 Å². The summed E-state index contributed by atoms with van der Waals surface area (Å²) in [5.41, 5.74) is 0.134. The standard InChI is InChI=1S/C12H26O2/c1-10(2)12(6,14-8-7-13)9-11(3,4)5/h10,13H,7-9H2,1-6H3. The second-order valence-corrected chi connectivity index (χ2v) is 5.78. The fourth-order valence-electron chi connectivity index (χ4n) is 1.75. The quantitative estimate of drug-likeness (QED) is 0.743. The predicted molar refractivity (Wildman–Crippen MR) is 60.4 cm³/mol. The highest BCUT2D eigenvalue weighted by molar-refractivity contribution is 4.84. The van der Waals surface area contributed by atoms with Gasteiger partial charge in [-0.2, -0.15) is 0 Å². The lowest BCUT2D eigenvalue weighted by molar-refractivity contribution is -0.0963. The van der Waals surface area contributed by atoms with Crippen LogP contribution in [0, 0.1) is 11.3 Å². The molecule has 0 rings (SSSR count). The molecule has 0 saturated carbocycles. The van der Waals surface area contributed by atoms with E-state index in [1.165, 1.54) is 0 Å². The van der Waals surface area contributed by atoms with Crippen LogP contribution < -0.4 is 0 Å². The lowest BCUT2D eigenvalue weighted by atomic mass is 9.77. The zero-order valence-corrected chi connectivity index (χ0v) is 10.6. The maximum absolute atomic E-state index is 8.78. The van der Waals surface area contributed by atoms with Gasteiger partial charge in [0, 0.05) is 0 Å². The van der Waals surface area contributed by atoms with E-state index < -0.39 is 0 Å². The summed E-state index contributed by atoms with van der Waals surface area (Å²) < 4.78 is 5.77. The number of rotatable bonds is 5. The van der Waals surface area contributed by atoms with Crippen LogP contribution >= 0.6 is 0 Å². The Morgan fingerprint density at radius 1 is 1.14 bits per heavy atom. The van der Waals surface area contributed by atoms with E-state index in [1.54, 1.807) is 0 Å². The SMILES string of the molecule is CC(C)C(C)(CC(C)(C)C)OCCO. The Kier molecular flexibility index (Phi) is 5.10. The van der Waals surface area contributed by atoms with Gasteiger partial charge in [0.25, 0.3) is 0 Å². The highest BCUT2D eigenvalue weighted by Gasteiger charge is 2.33. The first-order valence-corrected chi connectivity index (χ1v) is 5.46. The monoisotopic (exact) mass is 202 g/mol. The van der Waals surface area contributed by atoms with Crippen molar-refractivity contribution in [1.29, 1.82) is 0 Å². The van der Waals surface area contributed by atoms with Crippen molar-refractivity contribution < 1.29 is 9.84 Å². The van der Waals surface area contributed by atoms with E-state index in [0.717, 1.165) is 6.42 Å². The van der Waals surface area contributed by atoms with E-state index in [9.17, 15) is 0 Å². The van der Waals surface area contributed by atoms with Gasteiger partial charge in [-0.25, -0.2) is 0 Å². The first-order chi connectivity index (χ1) is 6.21. The Hall–Kier alpha value is -0.0800. The van der Waals surface area contributed by atoms with Crippen LogP contribution in [0.1, 0.15) is 48.0 Å². The summed E-state index contributed by atoms with van der Waals surface area (Å²) in [4.78, 5) is 0. The van der Waals surface area contributed by atoms with Crippen LogP contribution in [-0.2, 0) is 4.74 Å². The van der Waals surface area contributed by atoms with E-state index in [1.807, 2.05) is 0 Å². The fraction of sp³-hybridized carbons (Fsp3) is 1.00. The molecule has 0 aromatic rings. The van der Waals surface area contributed by atoms with Crippen LogP contribution in [0.2, 0.25) is 0 Å². The Balaban J connectivity index is 4.39. The number of aliphatic hydroxyl groups is 1. The molecule has 0 aromatic heterocycles. The van der Waals surface area contributed by atoms with Crippen molar-refractivity contribution in [2.45, 2.75) is 53.6 Å². The van der Waals surface area contributed by atoms with E-state index in [2.05, 4.69) is 41.5 Å². The molecule has 1 N–H and O–H groups in total. The Morgan fingerprint density at radius 2 is 1.64 bits per heavy atom. The van der Waals surface area contributed by atoms with Gasteiger partial charge in [-0.3, -0.25) is 0 Å². The van der Waals surface area contributed by atoms with E-state index in [4.69, 9.17) is 9.84 Å². The van der Waals surface area contributed by atoms with Crippen LogP contribution in [0.15, 0.2) is 0 Å². The third kappa shape index (κ3) is 4.97. The molecule has 1 unspecified atom stereocenters. The molecule has 0 fully saturated rings. The fourth-order valence-corrected chi connectivity index (χ4v) is 1.75. The van der Waals surface area contributed by atoms with Crippen molar-refractivity contribution >= 4 is 0 Å². The molecule has 86 valence electrons. The minimum absolute atomic E-state index is 0.104. The largest absolute Gasteiger partial charge is 0.394 e. The van der Waals surface area contributed by atoms with Crippen molar-refractivity contribution in [3.63, 3.8) is 0 Å². The van der Waals surface area contributed by atoms with Crippen molar-refractivity contribution in [1.82, 2.24) is 0 Å². The summed E-state index contributed by atoms with van der Waals surface area (Å²) in [6.45, 7) is 13.7. The summed E-state index contributed by atoms with van der Waals surface area (Å²) >= 11 is 0. The molecular weight excluding hydrogens is 176 g/mol. The van der Waals surface area contributed by atoms with Gasteiger partial charge in [0.1, 0.15) is 0 Å². The molecule has 0 radical (unpaired) electrons. The first-order valence-electron chi connectivity index (χ1n) is 5.46. The molecule has 0 saturated heterocycles. The molecule has 1 atom stereocenters. The second kappa shape index (κ2) is 5.13. The van der Waals surface area contributed by atoms with Gasteiger partial charge in [-0.15, -0.1) is 0 Å². The van der Waals surface area contributed by atoms with Gasteiger partial charge in [0.05, 0.1) is 18.8 Å². The molecule has 0 aliphatic rings. The Morgan fingerprint density at radius 3 is 1.93 bits per heavy atom. The molecule has 14 heavy (non-hydrogen) atoms. The summed E-state index contributed by atoms with van der Waals surface area (Å²) in [6, 6.07) is 0. The zero-order chi connectivity index (χ0) is 11.4. The average molecular weight is 202 g/mol. The minimum atomic E-state index is -0.124. The van der Waals surface area contributed by atoms with Crippen molar-refractivity contribution in [3.8, 4) is 0 Å². The molecule has 0 aliphatic heterocycles. The van der Waals surface area contributed by atoms with Gasteiger partial charge < -0.3 is 9.84 Å². The minimum Gasteiger partial charge on any atom is -0.394 e. The average Bonchev–Trinajstić information content (AvgIpc) is 1.97. The highest BCUT2D eigenvalue weighted by Crippen LogP contribution is 2.34. The predicted octanol–water partition coefficient (Wildman–Crippen LogP) is 2.85. The second-order valence-electron chi connectivity index (χ2n) is 5.78. The van der Waals surface area contributed by atoms with Crippen LogP contribution in [0.4, 0.5) is 0 Å². The zero-order valence-electron chi connectivity index (χ0n) is 10.6. The maximum Gasteiger partial charge on any atom is 0.0705 e. The molecule has 0 amide bonds. The van der Waals surface area contributed by atoms with E-state index >= 15 is 0 Å². The summed E-state index contributed by atoms with van der Waals surface area (Å²) in [5, 5.41) is 8.78. The number of hydrogen-bond donors (Lipinski definition) is 1. The van der Waals surface area contributed by atoms with E-state index in [-0.39, 0.29) is 17.6 Å². The van der Waals surface area contributed by atoms with Crippen molar-refractivity contribution in [2.24, 2.45) is 11.3 Å². The molecule has 2 nitrogen and oxygen atoms in total. The number of ether oxygens (including phenoxy) is 1. The van der Waals surface area contributed by atoms with Crippen LogP contribution in [0.3, 0.4) is 0 Å². The molecule has 0 aliphatic carbocycles. The summed E-state index contributed by atoms with van der Waals surface area (Å²) in [7, 11) is 0. The van der Waals surface area contributed by atoms with Crippen LogP contribution in [-0.4, -0.2) is 23.9 Å². The molecular formula is C12H26O2. The first kappa shape index (κ1) is 13.9. The molecule has 0 heterocycles. The van der Waals surface area contributed by atoms with Crippen molar-refractivity contribution in [3.05, 3.63) is 0 Å². The molecule has 0 aromatic carbocycles. The lowest BCUT2D eigenvalue weighted by Gasteiger charge is -2.39. The number of aliphatic hydroxyl groups excluding tert-OH is 1. The van der Waals surface area contributed by atoms with Gasteiger partial charge in [0.15, 0.2) is 0 Å². The Labute approximate surface area is 88.7 Å². The molecule has 2 heteroatoms. The van der Waals surface area contributed by atoms with Gasteiger partial charge in [-0.05, 0) is 24.7 Å². The third-order valence-electron chi connectivity index (χ3n) is 2.63. The maximum atomic E-state index is 8.78. The third-order valence-corrected chi connectivity index (χ3v) is 2.63. The van der Waals surface area contributed by atoms with Gasteiger partial charge >= 0.3 is 0 Å². The topological polar surface area (TPSA) is 29.5 Å². The highest BCUT2D eigenvalue weighted by atomic mass is 16.5. The van der Waals surface area contributed by atoms with Crippen LogP contribution in [0.25, 0.3) is 0 Å². The molecule has 0 bridgehead atoms. The normalized spacial score (nSPS) is 17.1. The van der Waals surface area contributed by atoms with Crippen LogP contribution in [0.5, 0.6) is 0 Å².